The van der Waals surface area contributed by atoms with Crippen molar-refractivity contribution in [3.63, 3.8) is 0 Å². The van der Waals surface area contributed by atoms with E-state index in [2.05, 4.69) is 21.8 Å². The van der Waals surface area contributed by atoms with Gasteiger partial charge < -0.3 is 20.7 Å². The number of alkyl halides is 1. The molecule has 0 spiro atoms. The number of ether oxygens (including phenoxy) is 1. The van der Waals surface area contributed by atoms with Crippen LogP contribution >= 0.6 is 11.6 Å². The molecule has 0 bridgehead atoms. The fraction of sp³-hybridized carbons (Fsp3) is 0.583. The van der Waals surface area contributed by atoms with Crippen molar-refractivity contribution in [1.82, 2.24) is 14.5 Å². The lowest BCUT2D eigenvalue weighted by Gasteiger charge is -2.25. The van der Waals surface area contributed by atoms with Gasteiger partial charge in [-0.3, -0.25) is 4.57 Å². The van der Waals surface area contributed by atoms with E-state index in [1.54, 1.807) is 0 Å². The molecule has 0 aromatic carbocycles. The average Bonchev–Trinajstić information content (AvgIpc) is 2.64. The summed E-state index contributed by atoms with van der Waals surface area (Å²) in [5, 5.41) is 20.0. The molecule has 0 amide bonds. The van der Waals surface area contributed by atoms with Gasteiger partial charge in [0.05, 0.1) is 6.10 Å². The molecular formula is C12H15ClN4O4. The molecule has 1 fully saturated rings. The zero-order chi connectivity index (χ0) is 15.8. The van der Waals surface area contributed by atoms with E-state index in [0.29, 0.717) is 0 Å². The molecule has 2 rings (SSSR count). The van der Waals surface area contributed by atoms with Crippen molar-refractivity contribution < 1.29 is 14.9 Å². The molecule has 114 valence electrons. The zero-order valence-electron chi connectivity index (χ0n) is 11.4. The first-order valence-electron chi connectivity index (χ1n) is 6.16. The number of aromatic nitrogens is 3. The predicted molar refractivity (Wildman–Crippen MR) is 74.3 cm³/mol. The molecule has 0 radical (unpaired) electrons. The Kier molecular flexibility index (Phi) is 4.20. The predicted octanol–water partition coefficient (Wildman–Crippen LogP) is -1.14. The molecule has 9 heteroatoms. The third kappa shape index (κ3) is 2.61. The number of aliphatic hydroxyl groups is 2. The quantitative estimate of drug-likeness (QED) is 0.465. The lowest BCUT2D eigenvalue weighted by molar-refractivity contribution is -0.0775. The molecule has 0 saturated carbocycles. The number of nitrogens with two attached hydrogens (primary N) is 1. The number of halogens is 1. The highest BCUT2D eigenvalue weighted by molar-refractivity contribution is 6.27. The molecule has 8 nitrogen and oxygen atoms in total. The minimum absolute atomic E-state index is 0.191. The van der Waals surface area contributed by atoms with Gasteiger partial charge in [-0.15, -0.1) is 5.92 Å². The third-order valence-corrected chi connectivity index (χ3v) is 3.68. The van der Waals surface area contributed by atoms with Crippen molar-refractivity contribution in [3.8, 4) is 11.8 Å². The Balaban J connectivity index is 2.54. The van der Waals surface area contributed by atoms with E-state index in [0.717, 1.165) is 10.9 Å². The maximum absolute atomic E-state index is 11.9. The molecule has 0 aliphatic carbocycles. The lowest BCUT2D eigenvalue weighted by Crippen LogP contribution is -2.44. The molecule has 4 N–H and O–H groups in total. The summed E-state index contributed by atoms with van der Waals surface area (Å²) in [7, 11) is 0. The second kappa shape index (κ2) is 5.61. The Labute approximate surface area is 125 Å². The van der Waals surface area contributed by atoms with Gasteiger partial charge in [-0.25, -0.2) is 9.78 Å². The van der Waals surface area contributed by atoms with Gasteiger partial charge in [0.15, 0.2) is 11.1 Å². The van der Waals surface area contributed by atoms with Gasteiger partial charge in [0.25, 0.3) is 0 Å². The van der Waals surface area contributed by atoms with Crippen molar-refractivity contribution in [2.75, 3.05) is 5.73 Å². The van der Waals surface area contributed by atoms with Gasteiger partial charge in [0, 0.05) is 0 Å². The highest BCUT2D eigenvalue weighted by Gasteiger charge is 2.57. The lowest BCUT2D eigenvalue weighted by atomic mass is 9.97. The topological polar surface area (TPSA) is 123 Å². The summed E-state index contributed by atoms with van der Waals surface area (Å²) in [5.74, 6) is 5.02. The second-order valence-electron chi connectivity index (χ2n) is 4.69. The minimum Gasteiger partial charge on any atom is -0.391 e. The van der Waals surface area contributed by atoms with E-state index in [-0.39, 0.29) is 5.95 Å². The largest absolute Gasteiger partial charge is 0.391 e. The SMILES string of the molecule is CC#CC1(Cl)[C@@H](O)[C@@H]([C@H](C)O)O[C@H]1n1cnc(N)nc1=O. The van der Waals surface area contributed by atoms with Gasteiger partial charge in [-0.1, -0.05) is 17.5 Å². The first kappa shape index (κ1) is 15.7. The first-order chi connectivity index (χ1) is 9.81. The Morgan fingerprint density at radius 2 is 2.33 bits per heavy atom. The van der Waals surface area contributed by atoms with Crippen LogP contribution in [0.2, 0.25) is 0 Å². The van der Waals surface area contributed by atoms with Crippen LogP contribution in [0, 0.1) is 11.8 Å². The van der Waals surface area contributed by atoms with Crippen LogP contribution in [0.5, 0.6) is 0 Å². The summed E-state index contributed by atoms with van der Waals surface area (Å²) in [6.45, 7) is 2.97. The zero-order valence-corrected chi connectivity index (χ0v) is 12.2. The van der Waals surface area contributed by atoms with Crippen LogP contribution in [0.3, 0.4) is 0 Å². The van der Waals surface area contributed by atoms with Crippen molar-refractivity contribution in [2.45, 2.75) is 43.3 Å². The summed E-state index contributed by atoms with van der Waals surface area (Å²) in [5.41, 5.74) is 4.59. The van der Waals surface area contributed by atoms with Gasteiger partial charge in [0.1, 0.15) is 18.5 Å². The van der Waals surface area contributed by atoms with Crippen molar-refractivity contribution in [1.29, 1.82) is 0 Å². The minimum atomic E-state index is -1.61. The summed E-state index contributed by atoms with van der Waals surface area (Å²) in [6, 6.07) is 0. The van der Waals surface area contributed by atoms with Crippen molar-refractivity contribution in [2.24, 2.45) is 0 Å². The number of rotatable bonds is 2. The van der Waals surface area contributed by atoms with E-state index >= 15 is 0 Å². The van der Waals surface area contributed by atoms with E-state index < -0.39 is 35.1 Å². The molecule has 1 unspecified atom stereocenters. The summed E-state index contributed by atoms with van der Waals surface area (Å²) >= 11 is 6.37. The molecule has 1 aliphatic heterocycles. The molecule has 1 aromatic rings. The number of nitrogen functional groups attached to an aromatic ring is 1. The number of hydrogen-bond donors (Lipinski definition) is 3. The molecule has 2 heterocycles. The molecule has 1 aliphatic rings. The Morgan fingerprint density at radius 1 is 1.67 bits per heavy atom. The maximum Gasteiger partial charge on any atom is 0.354 e. The second-order valence-corrected chi connectivity index (χ2v) is 5.31. The van der Waals surface area contributed by atoms with Gasteiger partial charge in [0.2, 0.25) is 5.95 Å². The number of aliphatic hydroxyl groups excluding tert-OH is 2. The van der Waals surface area contributed by atoms with Crippen LogP contribution in [-0.2, 0) is 4.74 Å². The number of anilines is 1. The number of hydrogen-bond acceptors (Lipinski definition) is 7. The molecular weight excluding hydrogens is 300 g/mol. The molecule has 5 atom stereocenters. The van der Waals surface area contributed by atoms with Crippen LogP contribution in [0.1, 0.15) is 20.1 Å². The highest BCUT2D eigenvalue weighted by atomic mass is 35.5. The van der Waals surface area contributed by atoms with Crippen LogP contribution in [-0.4, -0.2) is 47.9 Å². The summed E-state index contributed by atoms with van der Waals surface area (Å²) in [6.07, 6.45) is -3.36. The highest BCUT2D eigenvalue weighted by Crippen LogP contribution is 2.43. The number of nitrogens with zero attached hydrogens (tertiary/aromatic N) is 3. The van der Waals surface area contributed by atoms with Crippen molar-refractivity contribution in [3.05, 3.63) is 16.8 Å². The molecule has 1 aromatic heterocycles. The fourth-order valence-electron chi connectivity index (χ4n) is 2.20. The summed E-state index contributed by atoms with van der Waals surface area (Å²) < 4.78 is 6.50. The van der Waals surface area contributed by atoms with Crippen LogP contribution < -0.4 is 11.4 Å². The summed E-state index contributed by atoms with van der Waals surface area (Å²) in [4.78, 5) is 17.5. The van der Waals surface area contributed by atoms with Gasteiger partial charge in [-0.05, 0) is 13.8 Å². The monoisotopic (exact) mass is 314 g/mol. The van der Waals surface area contributed by atoms with Crippen molar-refractivity contribution >= 4 is 17.5 Å². The smallest absolute Gasteiger partial charge is 0.354 e. The van der Waals surface area contributed by atoms with E-state index in [4.69, 9.17) is 22.1 Å². The normalized spacial score (nSPS) is 33.3. The average molecular weight is 315 g/mol. The fourth-order valence-corrected chi connectivity index (χ4v) is 2.57. The first-order valence-corrected chi connectivity index (χ1v) is 6.54. The Morgan fingerprint density at radius 3 is 2.86 bits per heavy atom. The van der Waals surface area contributed by atoms with E-state index in [1.807, 2.05) is 0 Å². The van der Waals surface area contributed by atoms with Crippen LogP contribution in [0.25, 0.3) is 0 Å². The third-order valence-electron chi connectivity index (χ3n) is 3.18. The Bertz CT molecular complexity index is 653. The standard InChI is InChI=1S/C12H15ClN4O4/c1-3-4-12(13)8(19)7(6(2)18)21-9(12)17-5-15-10(14)16-11(17)20/h5-9,18-19H,1-2H3,(H2,14,16,20)/t6-,7+,8-,9+,12?/m0/s1. The van der Waals surface area contributed by atoms with Crippen LogP contribution in [0.15, 0.2) is 11.1 Å². The molecule has 1 saturated heterocycles. The Hall–Kier alpha value is -1.66. The van der Waals surface area contributed by atoms with E-state index in [1.165, 1.54) is 13.8 Å². The van der Waals surface area contributed by atoms with Gasteiger partial charge >= 0.3 is 5.69 Å². The maximum atomic E-state index is 11.9. The van der Waals surface area contributed by atoms with Crippen LogP contribution in [0.4, 0.5) is 5.95 Å². The molecule has 21 heavy (non-hydrogen) atoms. The van der Waals surface area contributed by atoms with Gasteiger partial charge in [-0.2, -0.15) is 4.98 Å². The van der Waals surface area contributed by atoms with E-state index in [9.17, 15) is 15.0 Å².